The molecule has 2 saturated heterocycles. The van der Waals surface area contributed by atoms with E-state index in [9.17, 15) is 4.79 Å². The number of thioether (sulfide) groups is 2. The van der Waals surface area contributed by atoms with Crippen molar-refractivity contribution in [3.05, 3.63) is 0 Å². The van der Waals surface area contributed by atoms with Gasteiger partial charge in [0.05, 0.1) is 11.9 Å². The second-order valence-corrected chi connectivity index (χ2v) is 4.17. The van der Waals surface area contributed by atoms with Crippen molar-refractivity contribution in [2.24, 2.45) is 0 Å². The van der Waals surface area contributed by atoms with Crippen LogP contribution >= 0.6 is 23.5 Å². The van der Waals surface area contributed by atoms with E-state index < -0.39 is 0 Å². The van der Waals surface area contributed by atoms with Crippen molar-refractivity contribution in [3.63, 3.8) is 0 Å². The zero-order valence-electron chi connectivity index (χ0n) is 4.87. The molecule has 1 amide bonds. The van der Waals surface area contributed by atoms with Gasteiger partial charge in [0.15, 0.2) is 0 Å². The normalized spacial score (nSPS) is 33.6. The van der Waals surface area contributed by atoms with Crippen LogP contribution in [-0.4, -0.2) is 33.6 Å². The molecule has 0 N–H and O–H groups in total. The Morgan fingerprint density at radius 1 is 1.56 bits per heavy atom. The lowest BCUT2D eigenvalue weighted by atomic mass is 10.4. The monoisotopic (exact) mass is 161 g/mol. The number of hydrogen-bond donors (Lipinski definition) is 0. The van der Waals surface area contributed by atoms with Crippen molar-refractivity contribution in [3.8, 4) is 0 Å². The van der Waals surface area contributed by atoms with Gasteiger partial charge in [0.1, 0.15) is 0 Å². The SMILES string of the molecule is O=C1SCC2CSCN12. The lowest BCUT2D eigenvalue weighted by Gasteiger charge is -2.10. The third-order valence-corrected chi connectivity index (χ3v) is 3.73. The molecule has 0 radical (unpaired) electrons. The van der Waals surface area contributed by atoms with E-state index in [0.29, 0.717) is 6.04 Å². The number of fused-ring (bicyclic) bond motifs is 1. The third-order valence-electron chi connectivity index (χ3n) is 1.62. The maximum atomic E-state index is 10.9. The number of carbonyl (C=O) groups excluding carboxylic acids is 1. The summed E-state index contributed by atoms with van der Waals surface area (Å²) < 4.78 is 0. The fraction of sp³-hybridized carbons (Fsp3) is 0.800. The number of amides is 1. The Morgan fingerprint density at radius 3 is 3.22 bits per heavy atom. The summed E-state index contributed by atoms with van der Waals surface area (Å²) in [6, 6.07) is 0.562. The van der Waals surface area contributed by atoms with Crippen LogP contribution < -0.4 is 0 Å². The molecule has 2 rings (SSSR count). The Hall–Kier alpha value is 0.170. The van der Waals surface area contributed by atoms with Crippen LogP contribution in [-0.2, 0) is 0 Å². The highest BCUT2D eigenvalue weighted by Crippen LogP contribution is 2.32. The molecule has 0 saturated carbocycles. The van der Waals surface area contributed by atoms with Crippen molar-refractivity contribution in [2.45, 2.75) is 6.04 Å². The second kappa shape index (κ2) is 2.09. The van der Waals surface area contributed by atoms with Gasteiger partial charge in [-0.25, -0.2) is 0 Å². The summed E-state index contributed by atoms with van der Waals surface area (Å²) in [4.78, 5) is 12.9. The third kappa shape index (κ3) is 0.846. The molecule has 2 fully saturated rings. The Labute approximate surface area is 62.4 Å². The predicted octanol–water partition coefficient (Wildman–Crippen LogP) is 1.23. The van der Waals surface area contributed by atoms with Crippen molar-refractivity contribution >= 4 is 28.8 Å². The molecule has 0 aromatic heterocycles. The maximum Gasteiger partial charge on any atom is 0.282 e. The molecule has 2 aliphatic heterocycles. The predicted molar refractivity (Wildman–Crippen MR) is 40.8 cm³/mol. The van der Waals surface area contributed by atoms with Gasteiger partial charge >= 0.3 is 0 Å². The average molecular weight is 161 g/mol. The first kappa shape index (κ1) is 5.92. The number of hydrogen-bond acceptors (Lipinski definition) is 3. The molecule has 9 heavy (non-hydrogen) atoms. The molecule has 0 aromatic rings. The molecule has 0 aromatic carbocycles. The molecular formula is C5H7NOS2. The molecule has 0 aliphatic carbocycles. The summed E-state index contributed by atoms with van der Waals surface area (Å²) in [6.07, 6.45) is 0. The van der Waals surface area contributed by atoms with Crippen molar-refractivity contribution in [1.29, 1.82) is 0 Å². The standard InChI is InChI=1S/C5H7NOS2/c7-5-6-3-8-1-4(6)2-9-5/h4H,1-3H2. The largest absolute Gasteiger partial charge is 0.320 e. The topological polar surface area (TPSA) is 20.3 Å². The van der Waals surface area contributed by atoms with Crippen LogP contribution in [0.1, 0.15) is 0 Å². The Morgan fingerprint density at radius 2 is 2.44 bits per heavy atom. The first-order valence-corrected chi connectivity index (χ1v) is 5.03. The molecular weight excluding hydrogens is 154 g/mol. The van der Waals surface area contributed by atoms with Crippen LogP contribution in [0.4, 0.5) is 4.79 Å². The van der Waals surface area contributed by atoms with Gasteiger partial charge in [0, 0.05) is 11.5 Å². The average Bonchev–Trinajstić information content (AvgIpc) is 2.35. The van der Waals surface area contributed by atoms with Gasteiger partial charge in [0.25, 0.3) is 5.24 Å². The molecule has 50 valence electrons. The molecule has 0 bridgehead atoms. The first-order chi connectivity index (χ1) is 4.38. The molecule has 2 nitrogen and oxygen atoms in total. The minimum atomic E-state index is 0.282. The first-order valence-electron chi connectivity index (χ1n) is 2.89. The maximum absolute atomic E-state index is 10.9. The molecule has 0 spiro atoms. The van der Waals surface area contributed by atoms with Gasteiger partial charge in [-0.05, 0) is 0 Å². The number of rotatable bonds is 0. The minimum Gasteiger partial charge on any atom is -0.320 e. The number of carbonyl (C=O) groups is 1. The van der Waals surface area contributed by atoms with Gasteiger partial charge in [-0.2, -0.15) is 0 Å². The van der Waals surface area contributed by atoms with Crippen LogP contribution in [0.3, 0.4) is 0 Å². The van der Waals surface area contributed by atoms with E-state index in [1.165, 1.54) is 11.8 Å². The van der Waals surface area contributed by atoms with Gasteiger partial charge in [0.2, 0.25) is 0 Å². The Kier molecular flexibility index (Phi) is 1.38. The minimum absolute atomic E-state index is 0.282. The van der Waals surface area contributed by atoms with Crippen LogP contribution in [0.2, 0.25) is 0 Å². The summed E-state index contributed by atoms with van der Waals surface area (Å²) in [6.45, 7) is 0. The van der Waals surface area contributed by atoms with Crippen LogP contribution in [0.5, 0.6) is 0 Å². The van der Waals surface area contributed by atoms with Crippen LogP contribution in [0, 0.1) is 0 Å². The lowest BCUT2D eigenvalue weighted by Crippen LogP contribution is -2.27. The van der Waals surface area contributed by atoms with Crippen molar-refractivity contribution in [2.75, 3.05) is 17.4 Å². The van der Waals surface area contributed by atoms with E-state index in [1.54, 1.807) is 0 Å². The summed E-state index contributed by atoms with van der Waals surface area (Å²) in [5, 5.41) is 0.282. The summed E-state index contributed by atoms with van der Waals surface area (Å²) >= 11 is 3.32. The van der Waals surface area contributed by atoms with Gasteiger partial charge in [-0.1, -0.05) is 11.8 Å². The number of nitrogens with zero attached hydrogens (tertiary/aromatic N) is 1. The zero-order valence-corrected chi connectivity index (χ0v) is 6.50. The molecule has 2 aliphatic rings. The Balaban J connectivity index is 2.15. The van der Waals surface area contributed by atoms with E-state index >= 15 is 0 Å². The summed E-state index contributed by atoms with van der Waals surface area (Å²) in [5.74, 6) is 3.10. The quantitative estimate of drug-likeness (QED) is 0.533. The lowest BCUT2D eigenvalue weighted by molar-refractivity contribution is 0.229. The van der Waals surface area contributed by atoms with Crippen LogP contribution in [0.25, 0.3) is 0 Å². The van der Waals surface area contributed by atoms with Gasteiger partial charge < -0.3 is 4.90 Å². The molecule has 4 heteroatoms. The fourth-order valence-electron chi connectivity index (χ4n) is 1.07. The van der Waals surface area contributed by atoms with E-state index in [-0.39, 0.29) is 5.24 Å². The van der Waals surface area contributed by atoms with Crippen molar-refractivity contribution in [1.82, 2.24) is 4.90 Å². The van der Waals surface area contributed by atoms with E-state index in [0.717, 1.165) is 17.4 Å². The fourth-order valence-corrected chi connectivity index (χ4v) is 3.52. The molecule has 1 unspecified atom stereocenters. The van der Waals surface area contributed by atoms with Gasteiger partial charge in [-0.3, -0.25) is 4.79 Å². The smallest absolute Gasteiger partial charge is 0.282 e. The second-order valence-electron chi connectivity index (χ2n) is 2.20. The molecule has 1 atom stereocenters. The molecule has 2 heterocycles. The highest BCUT2D eigenvalue weighted by atomic mass is 32.2. The van der Waals surface area contributed by atoms with E-state index in [4.69, 9.17) is 0 Å². The van der Waals surface area contributed by atoms with Gasteiger partial charge in [-0.15, -0.1) is 11.8 Å². The highest BCUT2D eigenvalue weighted by molar-refractivity contribution is 8.14. The van der Waals surface area contributed by atoms with Crippen molar-refractivity contribution < 1.29 is 4.79 Å². The highest BCUT2D eigenvalue weighted by Gasteiger charge is 2.35. The van der Waals surface area contributed by atoms with E-state index in [2.05, 4.69) is 0 Å². The van der Waals surface area contributed by atoms with Crippen LogP contribution in [0.15, 0.2) is 0 Å². The zero-order chi connectivity index (χ0) is 6.27. The Bertz CT molecular complexity index is 150. The van der Waals surface area contributed by atoms with E-state index in [1.807, 2.05) is 16.7 Å². The summed E-state index contributed by atoms with van der Waals surface area (Å²) in [5.41, 5.74) is 0. The summed E-state index contributed by atoms with van der Waals surface area (Å²) in [7, 11) is 0.